The van der Waals surface area contributed by atoms with Crippen LogP contribution in [-0.4, -0.2) is 52.0 Å². The molecule has 4 atom stereocenters. The quantitative estimate of drug-likeness (QED) is 0.215. The van der Waals surface area contributed by atoms with Crippen LogP contribution in [-0.2, 0) is 31.6 Å². The molecule has 1 aromatic heterocycles. The molecule has 0 amide bonds. The van der Waals surface area contributed by atoms with E-state index in [1.807, 2.05) is 0 Å². The first-order valence-corrected chi connectivity index (χ1v) is 11.5. The van der Waals surface area contributed by atoms with Gasteiger partial charge in [-0.1, -0.05) is 0 Å². The SMILES string of the molecule is Nc1ccn([C@@H]2OC(COP(=O)(O)OP(=O)(O)OP(=O)(O)O)=C(O)C2O)c(=O)n1. The van der Waals surface area contributed by atoms with Crippen molar-refractivity contribution >= 4 is 29.3 Å². The van der Waals surface area contributed by atoms with E-state index in [-0.39, 0.29) is 5.82 Å². The summed E-state index contributed by atoms with van der Waals surface area (Å²) in [6.07, 6.45) is -2.32. The fraction of sp³-hybridized carbons (Fsp3) is 0.333. The van der Waals surface area contributed by atoms with Gasteiger partial charge in [0.25, 0.3) is 0 Å². The first-order valence-electron chi connectivity index (χ1n) is 7.00. The lowest BCUT2D eigenvalue weighted by molar-refractivity contribution is -0.0170. The number of nitrogen functional groups attached to an aromatic ring is 1. The Morgan fingerprint density at radius 2 is 1.79 bits per heavy atom. The van der Waals surface area contributed by atoms with Crippen LogP contribution in [0.3, 0.4) is 0 Å². The van der Waals surface area contributed by atoms with Gasteiger partial charge in [-0.05, 0) is 6.07 Å². The molecular weight excluding hydrogens is 467 g/mol. The van der Waals surface area contributed by atoms with Crippen molar-refractivity contribution < 1.29 is 61.4 Å². The maximum Gasteiger partial charge on any atom is 0.490 e. The summed E-state index contributed by atoms with van der Waals surface area (Å²) in [4.78, 5) is 50.4. The molecule has 8 N–H and O–H groups in total. The van der Waals surface area contributed by atoms with Crippen LogP contribution in [0, 0.1) is 0 Å². The summed E-state index contributed by atoms with van der Waals surface area (Å²) in [5, 5.41) is 19.8. The first kappa shape index (κ1) is 23.7. The van der Waals surface area contributed by atoms with Gasteiger partial charge in [0.15, 0.2) is 17.6 Å². The zero-order chi connectivity index (χ0) is 22.2. The number of anilines is 1. The predicted octanol–water partition coefficient (Wildman–Crippen LogP) is -1.17. The van der Waals surface area contributed by atoms with E-state index in [1.165, 1.54) is 6.07 Å². The smallest absolute Gasteiger partial charge is 0.490 e. The number of aromatic nitrogens is 2. The Labute approximate surface area is 160 Å². The monoisotopic (exact) mass is 481 g/mol. The van der Waals surface area contributed by atoms with Crippen molar-refractivity contribution in [3.05, 3.63) is 34.3 Å². The van der Waals surface area contributed by atoms with E-state index in [1.54, 1.807) is 0 Å². The number of aliphatic hydroxyl groups excluding tert-OH is 2. The first-order chi connectivity index (χ1) is 13.1. The van der Waals surface area contributed by atoms with Crippen LogP contribution in [0.15, 0.2) is 28.6 Å². The van der Waals surface area contributed by atoms with E-state index in [9.17, 15) is 33.6 Å². The third-order valence-corrected chi connectivity index (χ3v) is 6.78. The minimum absolute atomic E-state index is 0.135. The van der Waals surface area contributed by atoms with Gasteiger partial charge in [0, 0.05) is 6.20 Å². The van der Waals surface area contributed by atoms with Crippen molar-refractivity contribution in [2.75, 3.05) is 12.3 Å². The molecule has 17 nitrogen and oxygen atoms in total. The summed E-state index contributed by atoms with van der Waals surface area (Å²) >= 11 is 0. The van der Waals surface area contributed by atoms with Gasteiger partial charge in [0.05, 0.1) is 0 Å². The van der Waals surface area contributed by atoms with Gasteiger partial charge < -0.3 is 40.3 Å². The number of phosphoric ester groups is 1. The van der Waals surface area contributed by atoms with Crippen molar-refractivity contribution in [3.63, 3.8) is 0 Å². The molecule has 164 valence electrons. The van der Waals surface area contributed by atoms with Crippen LogP contribution in [0.4, 0.5) is 5.82 Å². The summed E-state index contributed by atoms with van der Waals surface area (Å²) in [5.74, 6) is -1.73. The maximum absolute atomic E-state index is 11.8. The Balaban J connectivity index is 2.08. The van der Waals surface area contributed by atoms with Crippen LogP contribution in [0.25, 0.3) is 0 Å². The third kappa shape index (κ3) is 6.44. The van der Waals surface area contributed by atoms with Crippen molar-refractivity contribution in [3.8, 4) is 0 Å². The highest BCUT2D eigenvalue weighted by atomic mass is 31.3. The number of hydrogen-bond acceptors (Lipinski definition) is 12. The molecule has 0 aliphatic carbocycles. The predicted molar refractivity (Wildman–Crippen MR) is 88.5 cm³/mol. The molecule has 0 bridgehead atoms. The molecular formula is C9H14N3O14P3. The third-order valence-electron chi connectivity index (χ3n) is 3.00. The molecule has 0 fully saturated rings. The Morgan fingerprint density at radius 3 is 2.34 bits per heavy atom. The number of nitrogens with two attached hydrogens (primary N) is 1. The topological polar surface area (TPSA) is 270 Å². The molecule has 0 aromatic carbocycles. The number of rotatable bonds is 8. The number of aliphatic hydroxyl groups is 2. The molecule has 2 heterocycles. The van der Waals surface area contributed by atoms with Crippen molar-refractivity contribution in [1.29, 1.82) is 0 Å². The number of hydrogen-bond donors (Lipinski definition) is 7. The second kappa shape index (κ2) is 8.26. The van der Waals surface area contributed by atoms with E-state index in [0.717, 1.165) is 10.8 Å². The van der Waals surface area contributed by atoms with Crippen LogP contribution >= 0.6 is 23.5 Å². The van der Waals surface area contributed by atoms with Crippen LogP contribution in [0.2, 0.25) is 0 Å². The number of nitrogens with zero attached hydrogens (tertiary/aromatic N) is 2. The van der Waals surface area contributed by atoms with E-state index < -0.39 is 59.6 Å². The van der Waals surface area contributed by atoms with Crippen molar-refractivity contribution in [2.45, 2.75) is 12.3 Å². The fourth-order valence-electron chi connectivity index (χ4n) is 1.95. The van der Waals surface area contributed by atoms with E-state index in [4.69, 9.17) is 25.2 Å². The molecule has 0 radical (unpaired) electrons. The number of ether oxygens (including phenoxy) is 1. The van der Waals surface area contributed by atoms with Gasteiger partial charge in [-0.3, -0.25) is 9.09 Å². The summed E-state index contributed by atoms with van der Waals surface area (Å²) in [6, 6.07) is 1.18. The normalized spacial score (nSPS) is 24.0. The van der Waals surface area contributed by atoms with Gasteiger partial charge in [-0.25, -0.2) is 18.5 Å². The molecule has 2 rings (SSSR count). The molecule has 0 saturated heterocycles. The molecule has 1 aliphatic rings. The molecule has 20 heteroatoms. The maximum atomic E-state index is 11.8. The van der Waals surface area contributed by atoms with Crippen LogP contribution < -0.4 is 11.4 Å². The standard InChI is InChI=1S/C9H14N3O14P3/c10-5-1-2-12(9(15)11-5)8-7(14)6(13)4(24-8)3-23-28(19,20)26-29(21,22)25-27(16,17)18/h1-2,7-8,13-14H,3H2,(H,19,20)(H,21,22)(H2,10,11,15)(H2,16,17,18)/t7?,8-/m1/s1. The highest BCUT2D eigenvalue weighted by molar-refractivity contribution is 7.66. The molecule has 1 aromatic rings. The van der Waals surface area contributed by atoms with Gasteiger partial charge in [-0.15, -0.1) is 0 Å². The summed E-state index contributed by atoms with van der Waals surface area (Å²) < 4.78 is 50.5. The fourth-order valence-corrected chi connectivity index (χ4v) is 4.93. The largest absolute Gasteiger partial charge is 0.506 e. The molecule has 29 heavy (non-hydrogen) atoms. The van der Waals surface area contributed by atoms with Crippen molar-refractivity contribution in [1.82, 2.24) is 9.55 Å². The van der Waals surface area contributed by atoms with Crippen molar-refractivity contribution in [2.24, 2.45) is 0 Å². The van der Waals surface area contributed by atoms with Gasteiger partial charge in [0.1, 0.15) is 12.4 Å². The van der Waals surface area contributed by atoms with E-state index in [0.29, 0.717) is 0 Å². The Kier molecular flexibility index (Phi) is 6.74. The lowest BCUT2D eigenvalue weighted by atomic mass is 10.2. The minimum Gasteiger partial charge on any atom is -0.506 e. The zero-order valence-electron chi connectivity index (χ0n) is 13.8. The highest BCUT2D eigenvalue weighted by Crippen LogP contribution is 2.66. The molecule has 1 aliphatic heterocycles. The second-order valence-electron chi connectivity index (χ2n) is 5.17. The van der Waals surface area contributed by atoms with Crippen LogP contribution in [0.1, 0.15) is 6.23 Å². The number of phosphoric acid groups is 3. The Hall–Kier alpha value is -1.61. The zero-order valence-corrected chi connectivity index (χ0v) is 16.5. The highest BCUT2D eigenvalue weighted by Gasteiger charge is 2.42. The molecule has 0 saturated carbocycles. The molecule has 0 spiro atoms. The van der Waals surface area contributed by atoms with Gasteiger partial charge in [0.2, 0.25) is 6.23 Å². The average molecular weight is 481 g/mol. The Morgan fingerprint density at radius 1 is 1.17 bits per heavy atom. The van der Waals surface area contributed by atoms with Gasteiger partial charge >= 0.3 is 29.2 Å². The second-order valence-corrected chi connectivity index (χ2v) is 9.59. The average Bonchev–Trinajstić information content (AvgIpc) is 2.78. The lowest BCUT2D eigenvalue weighted by Crippen LogP contribution is -2.33. The molecule has 3 unspecified atom stereocenters. The Bertz CT molecular complexity index is 1020. The van der Waals surface area contributed by atoms with E-state index in [2.05, 4.69) is 18.1 Å². The van der Waals surface area contributed by atoms with Gasteiger partial charge in [-0.2, -0.15) is 13.6 Å². The van der Waals surface area contributed by atoms with Crippen LogP contribution in [0.5, 0.6) is 0 Å². The lowest BCUT2D eigenvalue weighted by Gasteiger charge is -2.18. The summed E-state index contributed by atoms with van der Waals surface area (Å²) in [5.41, 5.74) is 4.35. The van der Waals surface area contributed by atoms with E-state index >= 15 is 0 Å². The minimum atomic E-state index is -5.73. The summed E-state index contributed by atoms with van der Waals surface area (Å²) in [6.45, 7) is -1.14. The summed E-state index contributed by atoms with van der Waals surface area (Å²) in [7, 11) is -16.8.